The second-order valence-electron chi connectivity index (χ2n) is 4.66. The van der Waals surface area contributed by atoms with E-state index in [1.807, 2.05) is 37.3 Å². The minimum absolute atomic E-state index is 0.217. The number of para-hydroxylation sites is 1. The fraction of sp³-hybridized carbons (Fsp3) is 0.571. The van der Waals surface area contributed by atoms with Gasteiger partial charge in [0.1, 0.15) is 5.75 Å². The lowest BCUT2D eigenvalue weighted by Crippen LogP contribution is -2.46. The second-order valence-corrected chi connectivity index (χ2v) is 4.66. The van der Waals surface area contributed by atoms with E-state index in [9.17, 15) is 0 Å². The van der Waals surface area contributed by atoms with Crippen molar-refractivity contribution in [1.29, 1.82) is 0 Å². The van der Waals surface area contributed by atoms with Crippen molar-refractivity contribution < 1.29 is 14.2 Å². The first-order valence-corrected chi connectivity index (χ1v) is 6.15. The summed E-state index contributed by atoms with van der Waals surface area (Å²) in [5.41, 5.74) is 0.217. The Balaban J connectivity index is 1.76. The molecular weight excluding hydrogens is 216 g/mol. The van der Waals surface area contributed by atoms with Crippen LogP contribution < -0.4 is 4.74 Å². The number of hydrogen-bond donors (Lipinski definition) is 0. The van der Waals surface area contributed by atoms with Gasteiger partial charge in [0.25, 0.3) is 0 Å². The average molecular weight is 236 g/mol. The van der Waals surface area contributed by atoms with Gasteiger partial charge in [-0.15, -0.1) is 0 Å². The Morgan fingerprint density at radius 1 is 1.29 bits per heavy atom. The Bertz CT molecular complexity index is 327. The van der Waals surface area contributed by atoms with Crippen molar-refractivity contribution in [3.8, 4) is 5.75 Å². The molecule has 1 atom stereocenters. The van der Waals surface area contributed by atoms with Crippen LogP contribution in [0.3, 0.4) is 0 Å². The Kier molecular flexibility index (Phi) is 4.02. The molecule has 1 saturated heterocycles. The zero-order chi connectivity index (χ0) is 12.1. The first-order chi connectivity index (χ1) is 8.24. The standard InChI is InChI=1S/C14H20O3/c1-3-14(9-15-10-14)11-16-12(2)17-13-7-5-4-6-8-13/h4-8,12H,3,9-11H2,1-2H3. The highest BCUT2D eigenvalue weighted by atomic mass is 16.7. The Hall–Kier alpha value is -1.06. The van der Waals surface area contributed by atoms with Gasteiger partial charge in [-0.25, -0.2) is 0 Å². The maximum atomic E-state index is 5.74. The molecular formula is C14H20O3. The van der Waals surface area contributed by atoms with Crippen molar-refractivity contribution in [2.24, 2.45) is 5.41 Å². The summed E-state index contributed by atoms with van der Waals surface area (Å²) in [6.45, 7) is 6.42. The molecule has 17 heavy (non-hydrogen) atoms. The maximum absolute atomic E-state index is 5.74. The Labute approximate surface area is 103 Å². The monoisotopic (exact) mass is 236 g/mol. The molecule has 1 heterocycles. The average Bonchev–Trinajstić information content (AvgIpc) is 2.29. The molecule has 0 radical (unpaired) electrons. The molecule has 0 aromatic heterocycles. The molecule has 1 aromatic carbocycles. The lowest BCUT2D eigenvalue weighted by atomic mass is 9.84. The number of rotatable bonds is 6. The summed E-state index contributed by atoms with van der Waals surface area (Å²) < 4.78 is 16.7. The number of ether oxygens (including phenoxy) is 3. The summed E-state index contributed by atoms with van der Waals surface area (Å²) in [6, 6.07) is 9.74. The lowest BCUT2D eigenvalue weighted by molar-refractivity contribution is -0.182. The molecule has 94 valence electrons. The van der Waals surface area contributed by atoms with Crippen LogP contribution in [0.4, 0.5) is 0 Å². The molecule has 3 nitrogen and oxygen atoms in total. The van der Waals surface area contributed by atoms with Crippen molar-refractivity contribution in [1.82, 2.24) is 0 Å². The third kappa shape index (κ3) is 3.20. The van der Waals surface area contributed by atoms with Crippen LogP contribution in [0, 0.1) is 5.41 Å². The molecule has 0 bridgehead atoms. The molecule has 0 aliphatic carbocycles. The first-order valence-electron chi connectivity index (χ1n) is 6.15. The van der Waals surface area contributed by atoms with Gasteiger partial charge in [-0.1, -0.05) is 25.1 Å². The van der Waals surface area contributed by atoms with Gasteiger partial charge in [0.15, 0.2) is 6.29 Å². The van der Waals surface area contributed by atoms with Gasteiger partial charge < -0.3 is 14.2 Å². The molecule has 0 amide bonds. The summed E-state index contributed by atoms with van der Waals surface area (Å²) in [4.78, 5) is 0. The Morgan fingerprint density at radius 3 is 2.53 bits per heavy atom. The molecule has 1 aliphatic heterocycles. The molecule has 2 rings (SSSR count). The smallest absolute Gasteiger partial charge is 0.197 e. The minimum Gasteiger partial charge on any atom is -0.465 e. The first kappa shape index (κ1) is 12.4. The molecule has 3 heteroatoms. The molecule has 0 N–H and O–H groups in total. The maximum Gasteiger partial charge on any atom is 0.197 e. The van der Waals surface area contributed by atoms with Crippen molar-refractivity contribution >= 4 is 0 Å². The summed E-state index contributed by atoms with van der Waals surface area (Å²) in [5, 5.41) is 0. The van der Waals surface area contributed by atoms with Gasteiger partial charge in [0, 0.05) is 5.41 Å². The zero-order valence-electron chi connectivity index (χ0n) is 10.5. The van der Waals surface area contributed by atoms with Crippen LogP contribution >= 0.6 is 0 Å². The van der Waals surface area contributed by atoms with E-state index in [4.69, 9.17) is 14.2 Å². The normalized spacial score (nSPS) is 19.4. The van der Waals surface area contributed by atoms with Crippen molar-refractivity contribution in [2.75, 3.05) is 19.8 Å². The molecule has 1 unspecified atom stereocenters. The zero-order valence-corrected chi connectivity index (χ0v) is 10.5. The molecule has 0 spiro atoms. The van der Waals surface area contributed by atoms with Crippen LogP contribution in [0.5, 0.6) is 5.75 Å². The van der Waals surface area contributed by atoms with Crippen LogP contribution in [0.2, 0.25) is 0 Å². The minimum atomic E-state index is -0.221. The van der Waals surface area contributed by atoms with E-state index >= 15 is 0 Å². The second kappa shape index (κ2) is 5.52. The van der Waals surface area contributed by atoms with E-state index < -0.39 is 0 Å². The van der Waals surface area contributed by atoms with Crippen LogP contribution in [-0.2, 0) is 9.47 Å². The van der Waals surface area contributed by atoms with Crippen molar-refractivity contribution in [2.45, 2.75) is 26.6 Å². The summed E-state index contributed by atoms with van der Waals surface area (Å²) >= 11 is 0. The number of benzene rings is 1. The van der Waals surface area contributed by atoms with Gasteiger partial charge in [-0.3, -0.25) is 0 Å². The van der Waals surface area contributed by atoms with Gasteiger partial charge in [0.2, 0.25) is 0 Å². The third-order valence-corrected chi connectivity index (χ3v) is 3.24. The van der Waals surface area contributed by atoms with Crippen molar-refractivity contribution in [3.63, 3.8) is 0 Å². The van der Waals surface area contributed by atoms with E-state index in [0.29, 0.717) is 6.61 Å². The molecule has 0 saturated carbocycles. The van der Waals surface area contributed by atoms with Crippen molar-refractivity contribution in [3.05, 3.63) is 30.3 Å². The van der Waals surface area contributed by atoms with E-state index in [1.54, 1.807) is 0 Å². The Morgan fingerprint density at radius 2 is 2.00 bits per heavy atom. The predicted molar refractivity (Wildman–Crippen MR) is 66.0 cm³/mol. The molecule has 1 fully saturated rings. The van der Waals surface area contributed by atoms with Crippen LogP contribution in [0.15, 0.2) is 30.3 Å². The van der Waals surface area contributed by atoms with E-state index in [2.05, 4.69) is 6.92 Å². The highest BCUT2D eigenvalue weighted by molar-refractivity contribution is 5.20. The number of hydrogen-bond acceptors (Lipinski definition) is 3. The fourth-order valence-electron chi connectivity index (χ4n) is 1.80. The third-order valence-electron chi connectivity index (χ3n) is 3.24. The summed E-state index contributed by atoms with van der Waals surface area (Å²) in [7, 11) is 0. The SMILES string of the molecule is CCC1(COC(C)Oc2ccccc2)COC1. The highest BCUT2D eigenvalue weighted by Crippen LogP contribution is 2.31. The topological polar surface area (TPSA) is 27.7 Å². The quantitative estimate of drug-likeness (QED) is 0.711. The van der Waals surface area contributed by atoms with E-state index in [0.717, 1.165) is 25.4 Å². The van der Waals surface area contributed by atoms with Gasteiger partial charge in [-0.2, -0.15) is 0 Å². The van der Waals surface area contributed by atoms with Crippen LogP contribution in [-0.4, -0.2) is 26.1 Å². The van der Waals surface area contributed by atoms with Gasteiger partial charge >= 0.3 is 0 Å². The summed E-state index contributed by atoms with van der Waals surface area (Å²) in [5.74, 6) is 0.843. The van der Waals surface area contributed by atoms with Crippen LogP contribution in [0.1, 0.15) is 20.3 Å². The fourth-order valence-corrected chi connectivity index (χ4v) is 1.80. The van der Waals surface area contributed by atoms with Gasteiger partial charge in [0.05, 0.1) is 19.8 Å². The van der Waals surface area contributed by atoms with E-state index in [1.165, 1.54) is 0 Å². The molecule has 1 aromatic rings. The highest BCUT2D eigenvalue weighted by Gasteiger charge is 2.37. The predicted octanol–water partition coefficient (Wildman–Crippen LogP) is 2.85. The van der Waals surface area contributed by atoms with E-state index in [-0.39, 0.29) is 11.7 Å². The summed E-state index contributed by atoms with van der Waals surface area (Å²) in [6.07, 6.45) is 0.867. The lowest BCUT2D eigenvalue weighted by Gasteiger charge is -2.40. The largest absolute Gasteiger partial charge is 0.465 e. The molecule has 1 aliphatic rings. The van der Waals surface area contributed by atoms with Gasteiger partial charge in [-0.05, 0) is 25.5 Å². The van der Waals surface area contributed by atoms with Crippen LogP contribution in [0.25, 0.3) is 0 Å².